The van der Waals surface area contributed by atoms with Crippen LogP contribution in [0.4, 0.5) is 4.79 Å². The molecule has 1 aromatic rings. The largest absolute Gasteiger partial charge is 0.454 e. The minimum absolute atomic E-state index is 0.0297. The number of amides is 2. The molecule has 0 saturated heterocycles. The molecule has 1 aliphatic heterocycles. The van der Waals surface area contributed by atoms with Crippen molar-refractivity contribution in [2.45, 2.75) is 45.2 Å². The summed E-state index contributed by atoms with van der Waals surface area (Å²) in [5.74, 6) is 1.54. The second-order valence-corrected chi connectivity index (χ2v) is 5.63. The summed E-state index contributed by atoms with van der Waals surface area (Å²) in [6.07, 6.45) is 4.65. The van der Waals surface area contributed by atoms with E-state index in [1.54, 1.807) is 0 Å². The molecule has 2 amide bonds. The monoisotopic (exact) mass is 290 g/mol. The molecule has 1 heterocycles. The molecule has 0 atom stereocenters. The molecule has 0 aromatic heterocycles. The molecule has 21 heavy (non-hydrogen) atoms. The number of nitrogens with one attached hydrogen (secondary N) is 1. The Hall–Kier alpha value is -1.91. The van der Waals surface area contributed by atoms with Crippen LogP contribution in [0.2, 0.25) is 0 Å². The molecule has 3 rings (SSSR count). The van der Waals surface area contributed by atoms with Gasteiger partial charge >= 0.3 is 6.03 Å². The van der Waals surface area contributed by atoms with Gasteiger partial charge in [0.05, 0.1) is 0 Å². The first-order valence-electron chi connectivity index (χ1n) is 7.70. The van der Waals surface area contributed by atoms with Crippen LogP contribution in [0.1, 0.15) is 38.2 Å². The smallest absolute Gasteiger partial charge is 0.317 e. The minimum atomic E-state index is 0.0297. The summed E-state index contributed by atoms with van der Waals surface area (Å²) >= 11 is 0. The van der Waals surface area contributed by atoms with Crippen molar-refractivity contribution >= 4 is 6.03 Å². The number of fused-ring (bicyclic) bond motifs is 1. The second-order valence-electron chi connectivity index (χ2n) is 5.63. The standard InChI is InChI=1S/C16H22N2O3/c1-2-18(16(19)17-13-5-3-4-6-13)10-12-7-8-14-15(9-12)21-11-20-14/h7-9,13H,2-6,10-11H2,1H3,(H,17,19). The van der Waals surface area contributed by atoms with Crippen LogP contribution in [0, 0.1) is 0 Å². The van der Waals surface area contributed by atoms with Crippen molar-refractivity contribution in [3.05, 3.63) is 23.8 Å². The van der Waals surface area contributed by atoms with Gasteiger partial charge in [0.15, 0.2) is 11.5 Å². The molecule has 1 N–H and O–H groups in total. The van der Waals surface area contributed by atoms with Gasteiger partial charge in [0.2, 0.25) is 6.79 Å². The van der Waals surface area contributed by atoms with Gasteiger partial charge in [0.1, 0.15) is 0 Å². The highest BCUT2D eigenvalue weighted by atomic mass is 16.7. The zero-order valence-electron chi connectivity index (χ0n) is 12.4. The average molecular weight is 290 g/mol. The maximum absolute atomic E-state index is 12.3. The third kappa shape index (κ3) is 3.23. The number of hydrogen-bond donors (Lipinski definition) is 1. The summed E-state index contributed by atoms with van der Waals surface area (Å²) in [6, 6.07) is 6.22. The van der Waals surface area contributed by atoms with Crippen LogP contribution in [0.5, 0.6) is 11.5 Å². The van der Waals surface area contributed by atoms with Crippen LogP contribution >= 0.6 is 0 Å². The molecule has 1 aromatic carbocycles. The predicted octanol–water partition coefficient (Wildman–Crippen LogP) is 2.89. The summed E-state index contributed by atoms with van der Waals surface area (Å²) in [4.78, 5) is 14.2. The summed E-state index contributed by atoms with van der Waals surface area (Å²) in [7, 11) is 0. The molecule has 114 valence electrons. The highest BCUT2D eigenvalue weighted by molar-refractivity contribution is 5.74. The molecule has 0 bridgehead atoms. The van der Waals surface area contributed by atoms with E-state index >= 15 is 0 Å². The van der Waals surface area contributed by atoms with Crippen LogP contribution in [0.25, 0.3) is 0 Å². The van der Waals surface area contributed by atoms with Crippen LogP contribution in [0.15, 0.2) is 18.2 Å². The van der Waals surface area contributed by atoms with Gasteiger partial charge < -0.3 is 19.7 Å². The zero-order chi connectivity index (χ0) is 14.7. The fourth-order valence-corrected chi connectivity index (χ4v) is 2.92. The SMILES string of the molecule is CCN(Cc1ccc2c(c1)OCO2)C(=O)NC1CCCC1. The highest BCUT2D eigenvalue weighted by Crippen LogP contribution is 2.32. The number of carbonyl (C=O) groups is 1. The summed E-state index contributed by atoms with van der Waals surface area (Å²) < 4.78 is 10.7. The third-order valence-electron chi connectivity index (χ3n) is 4.16. The van der Waals surface area contributed by atoms with E-state index in [9.17, 15) is 4.79 Å². The number of benzene rings is 1. The van der Waals surface area contributed by atoms with Gasteiger partial charge in [0.25, 0.3) is 0 Å². The average Bonchev–Trinajstić information content (AvgIpc) is 3.14. The van der Waals surface area contributed by atoms with Crippen molar-refractivity contribution in [1.82, 2.24) is 10.2 Å². The molecule has 1 saturated carbocycles. The fraction of sp³-hybridized carbons (Fsp3) is 0.562. The Bertz CT molecular complexity index is 512. The Morgan fingerprint density at radius 1 is 1.29 bits per heavy atom. The summed E-state index contributed by atoms with van der Waals surface area (Å²) in [5.41, 5.74) is 1.06. The van der Waals surface area contributed by atoms with Gasteiger partial charge in [-0.15, -0.1) is 0 Å². The van der Waals surface area contributed by atoms with E-state index in [0.29, 0.717) is 19.1 Å². The van der Waals surface area contributed by atoms with Gasteiger partial charge in [0, 0.05) is 19.1 Å². The minimum Gasteiger partial charge on any atom is -0.454 e. The van der Waals surface area contributed by atoms with Gasteiger partial charge in [-0.25, -0.2) is 4.79 Å². The van der Waals surface area contributed by atoms with Crippen molar-refractivity contribution in [3.8, 4) is 11.5 Å². The molecule has 1 aliphatic carbocycles. The highest BCUT2D eigenvalue weighted by Gasteiger charge is 2.21. The Balaban J connectivity index is 1.62. The molecule has 5 heteroatoms. The molecular weight excluding hydrogens is 268 g/mol. The van der Waals surface area contributed by atoms with Crippen molar-refractivity contribution in [1.29, 1.82) is 0 Å². The van der Waals surface area contributed by atoms with E-state index in [1.165, 1.54) is 12.8 Å². The number of hydrogen-bond acceptors (Lipinski definition) is 3. The molecule has 0 radical (unpaired) electrons. The first-order chi connectivity index (χ1) is 10.3. The number of nitrogens with zero attached hydrogens (tertiary/aromatic N) is 1. The number of urea groups is 1. The Kier molecular flexibility index (Phi) is 4.18. The molecule has 0 unspecified atom stereocenters. The van der Waals surface area contributed by atoms with Crippen LogP contribution < -0.4 is 14.8 Å². The lowest BCUT2D eigenvalue weighted by Gasteiger charge is -2.24. The van der Waals surface area contributed by atoms with E-state index in [-0.39, 0.29) is 12.8 Å². The molecule has 5 nitrogen and oxygen atoms in total. The molecule has 0 spiro atoms. The maximum atomic E-state index is 12.3. The van der Waals surface area contributed by atoms with Crippen LogP contribution in [-0.2, 0) is 6.54 Å². The first-order valence-corrected chi connectivity index (χ1v) is 7.70. The maximum Gasteiger partial charge on any atom is 0.317 e. The van der Waals surface area contributed by atoms with E-state index < -0.39 is 0 Å². The molecule has 2 aliphatic rings. The fourth-order valence-electron chi connectivity index (χ4n) is 2.92. The summed E-state index contributed by atoms with van der Waals surface area (Å²) in [5, 5.41) is 3.13. The molecular formula is C16H22N2O3. The van der Waals surface area contributed by atoms with Gasteiger partial charge in [-0.2, -0.15) is 0 Å². The van der Waals surface area contributed by atoms with Crippen molar-refractivity contribution in [2.75, 3.05) is 13.3 Å². The predicted molar refractivity (Wildman–Crippen MR) is 79.4 cm³/mol. The van der Waals surface area contributed by atoms with E-state index in [1.807, 2.05) is 30.0 Å². The lowest BCUT2D eigenvalue weighted by atomic mass is 10.2. The third-order valence-corrected chi connectivity index (χ3v) is 4.16. The number of ether oxygens (including phenoxy) is 2. The number of rotatable bonds is 4. The van der Waals surface area contributed by atoms with Crippen LogP contribution in [0.3, 0.4) is 0 Å². The van der Waals surface area contributed by atoms with E-state index in [0.717, 1.165) is 29.9 Å². The van der Waals surface area contributed by atoms with Gasteiger partial charge in [-0.1, -0.05) is 18.9 Å². The normalized spacial score (nSPS) is 17.0. The van der Waals surface area contributed by atoms with Crippen LogP contribution in [-0.4, -0.2) is 30.3 Å². The van der Waals surface area contributed by atoms with Gasteiger partial charge in [-0.05, 0) is 37.5 Å². The lowest BCUT2D eigenvalue weighted by molar-refractivity contribution is 0.173. The summed E-state index contributed by atoms with van der Waals surface area (Å²) in [6.45, 7) is 3.55. The number of carbonyl (C=O) groups excluding carboxylic acids is 1. The Morgan fingerprint density at radius 3 is 2.81 bits per heavy atom. The second kappa shape index (κ2) is 6.24. The van der Waals surface area contributed by atoms with E-state index in [2.05, 4.69) is 5.32 Å². The van der Waals surface area contributed by atoms with Crippen molar-refractivity contribution in [2.24, 2.45) is 0 Å². The zero-order valence-corrected chi connectivity index (χ0v) is 12.4. The quantitative estimate of drug-likeness (QED) is 0.927. The van der Waals surface area contributed by atoms with Crippen molar-refractivity contribution < 1.29 is 14.3 Å². The molecule has 1 fully saturated rings. The Labute approximate surface area is 125 Å². The Morgan fingerprint density at radius 2 is 2.05 bits per heavy atom. The van der Waals surface area contributed by atoms with Crippen molar-refractivity contribution in [3.63, 3.8) is 0 Å². The van der Waals surface area contributed by atoms with E-state index in [4.69, 9.17) is 9.47 Å². The van der Waals surface area contributed by atoms with Gasteiger partial charge in [-0.3, -0.25) is 0 Å². The first kappa shape index (κ1) is 14.0. The lowest BCUT2D eigenvalue weighted by Crippen LogP contribution is -2.43. The topological polar surface area (TPSA) is 50.8 Å².